The van der Waals surface area contributed by atoms with Crippen molar-refractivity contribution in [2.75, 3.05) is 5.32 Å². The number of halogens is 3. The molecule has 0 aliphatic rings. The van der Waals surface area contributed by atoms with E-state index in [-0.39, 0.29) is 16.3 Å². The molecule has 0 spiro atoms. The Bertz CT molecular complexity index is 1420. The fourth-order valence-electron chi connectivity index (χ4n) is 3.10. The number of nitrogens with zero attached hydrogens (tertiary/aromatic N) is 2. The number of hydrogen-bond acceptors (Lipinski definition) is 6. The topological polar surface area (TPSA) is 106 Å². The molecule has 8 nitrogen and oxygen atoms in total. The van der Waals surface area contributed by atoms with E-state index in [0.717, 1.165) is 26.3 Å². The maximum Gasteiger partial charge on any atom is 0.573 e. The fraction of sp³-hybridized carbons (Fsp3) is 0.143. The highest BCUT2D eigenvalue weighted by molar-refractivity contribution is 7.15. The van der Waals surface area contributed by atoms with E-state index >= 15 is 0 Å². The second kappa shape index (κ2) is 8.90. The van der Waals surface area contributed by atoms with Gasteiger partial charge in [-0.1, -0.05) is 24.3 Å². The minimum absolute atomic E-state index is 0.261. The lowest BCUT2D eigenvalue weighted by molar-refractivity contribution is -0.274. The molecule has 0 aliphatic heterocycles. The van der Waals surface area contributed by atoms with Crippen molar-refractivity contribution in [2.24, 2.45) is 0 Å². The summed E-state index contributed by atoms with van der Waals surface area (Å²) in [4.78, 5) is 44.5. The van der Waals surface area contributed by atoms with Crippen molar-refractivity contribution < 1.29 is 22.7 Å². The van der Waals surface area contributed by atoms with Gasteiger partial charge in [-0.2, -0.15) is 0 Å². The average molecular weight is 476 g/mol. The first-order chi connectivity index (χ1) is 15.7. The number of nitrogens with one attached hydrogen (secondary N) is 2. The van der Waals surface area contributed by atoms with Gasteiger partial charge in [-0.3, -0.25) is 14.2 Å². The van der Waals surface area contributed by atoms with E-state index in [1.807, 2.05) is 0 Å². The van der Waals surface area contributed by atoms with Crippen molar-refractivity contribution >= 4 is 33.3 Å². The van der Waals surface area contributed by atoms with Crippen molar-refractivity contribution in [3.63, 3.8) is 0 Å². The lowest BCUT2D eigenvalue weighted by Gasteiger charge is -2.08. The number of aromatic nitrogens is 3. The van der Waals surface area contributed by atoms with E-state index in [2.05, 4.69) is 20.0 Å². The molecular formula is C21H15F3N4O4S. The first-order valence-corrected chi connectivity index (χ1v) is 10.3. The van der Waals surface area contributed by atoms with E-state index in [9.17, 15) is 27.6 Å². The molecule has 0 aliphatic carbocycles. The number of fused-ring (bicyclic) bond motifs is 1. The van der Waals surface area contributed by atoms with Crippen molar-refractivity contribution in [3.05, 3.63) is 86.0 Å². The number of para-hydroxylation sites is 1. The number of hydrogen-bond donors (Lipinski definition) is 2. The third-order valence-electron chi connectivity index (χ3n) is 4.53. The van der Waals surface area contributed by atoms with Gasteiger partial charge >= 0.3 is 12.1 Å². The number of ether oxygens (including phenoxy) is 1. The number of anilines is 1. The quantitative estimate of drug-likeness (QED) is 0.444. The van der Waals surface area contributed by atoms with Crippen LogP contribution in [0.3, 0.4) is 0 Å². The number of thiazole rings is 1. The molecule has 2 aromatic carbocycles. The zero-order valence-electron chi connectivity index (χ0n) is 16.7. The van der Waals surface area contributed by atoms with Crippen LogP contribution in [-0.2, 0) is 17.8 Å². The van der Waals surface area contributed by atoms with E-state index < -0.39 is 30.1 Å². The van der Waals surface area contributed by atoms with Crippen LogP contribution in [0.1, 0.15) is 10.4 Å². The van der Waals surface area contributed by atoms with Gasteiger partial charge in [0.05, 0.1) is 10.9 Å². The van der Waals surface area contributed by atoms with Crippen LogP contribution in [-0.4, -0.2) is 26.8 Å². The summed E-state index contributed by atoms with van der Waals surface area (Å²) in [5.41, 5.74) is -0.180. The molecule has 0 unspecified atom stereocenters. The molecule has 4 aromatic rings. The first kappa shape index (κ1) is 22.3. The summed E-state index contributed by atoms with van der Waals surface area (Å²) in [6, 6.07) is 11.9. The Labute approximate surface area is 187 Å². The molecule has 0 saturated carbocycles. The van der Waals surface area contributed by atoms with Gasteiger partial charge in [-0.05, 0) is 29.8 Å². The fourth-order valence-corrected chi connectivity index (χ4v) is 3.96. The maximum atomic E-state index is 12.5. The van der Waals surface area contributed by atoms with Crippen molar-refractivity contribution in [1.29, 1.82) is 0 Å². The summed E-state index contributed by atoms with van der Waals surface area (Å²) in [5, 5.41) is 3.09. The van der Waals surface area contributed by atoms with E-state index in [1.54, 1.807) is 24.3 Å². The Morgan fingerprint density at radius 2 is 1.85 bits per heavy atom. The van der Waals surface area contributed by atoms with Crippen molar-refractivity contribution in [3.8, 4) is 5.75 Å². The average Bonchev–Trinajstić information content (AvgIpc) is 3.18. The number of aromatic amines is 1. The molecule has 0 bridgehead atoms. The molecule has 2 heterocycles. The van der Waals surface area contributed by atoms with Gasteiger partial charge in [0.25, 0.3) is 5.56 Å². The van der Waals surface area contributed by atoms with Gasteiger partial charge in [-0.25, -0.2) is 9.78 Å². The summed E-state index contributed by atoms with van der Waals surface area (Å²) in [6.07, 6.45) is -2.85. The molecule has 4 rings (SSSR count). The smallest absolute Gasteiger partial charge is 0.406 e. The minimum Gasteiger partial charge on any atom is -0.406 e. The number of amides is 1. The molecule has 0 fully saturated rings. The zero-order chi connectivity index (χ0) is 23.6. The highest BCUT2D eigenvalue weighted by atomic mass is 32.1. The number of alkyl halides is 3. The predicted octanol–water partition coefficient (Wildman–Crippen LogP) is 3.27. The van der Waals surface area contributed by atoms with Gasteiger partial charge in [0.15, 0.2) is 5.13 Å². The Hall–Kier alpha value is -3.93. The van der Waals surface area contributed by atoms with Gasteiger partial charge in [0.2, 0.25) is 5.91 Å². The number of carbonyl (C=O) groups is 1. The predicted molar refractivity (Wildman–Crippen MR) is 116 cm³/mol. The molecule has 0 atom stereocenters. The first-order valence-electron chi connectivity index (χ1n) is 9.49. The highest BCUT2D eigenvalue weighted by Gasteiger charge is 2.30. The second-order valence-corrected chi connectivity index (χ2v) is 8.03. The van der Waals surface area contributed by atoms with Crippen LogP contribution in [0.5, 0.6) is 5.75 Å². The normalized spacial score (nSPS) is 11.5. The number of carbonyl (C=O) groups excluding carboxylic acids is 1. The summed E-state index contributed by atoms with van der Waals surface area (Å²) < 4.78 is 41.4. The van der Waals surface area contributed by atoms with Crippen LogP contribution >= 0.6 is 11.3 Å². The molecule has 1 amide bonds. The van der Waals surface area contributed by atoms with Gasteiger partial charge in [0, 0.05) is 17.5 Å². The Morgan fingerprint density at radius 1 is 1.12 bits per heavy atom. The molecule has 33 heavy (non-hydrogen) atoms. The van der Waals surface area contributed by atoms with Crippen LogP contribution < -0.4 is 21.3 Å². The van der Waals surface area contributed by atoms with E-state index in [1.165, 1.54) is 30.5 Å². The van der Waals surface area contributed by atoms with Gasteiger partial charge < -0.3 is 15.0 Å². The monoisotopic (exact) mass is 476 g/mol. The maximum absolute atomic E-state index is 12.5. The SMILES string of the molecule is O=C(Cn1c(=O)[nH]c2ccccc2c1=O)Nc1ncc(Cc2ccc(OC(F)(F)F)cc2)s1. The van der Waals surface area contributed by atoms with Crippen molar-refractivity contribution in [2.45, 2.75) is 19.3 Å². The Balaban J connectivity index is 1.41. The summed E-state index contributed by atoms with van der Waals surface area (Å²) in [5.74, 6) is -0.921. The third-order valence-corrected chi connectivity index (χ3v) is 5.44. The Morgan fingerprint density at radius 3 is 2.58 bits per heavy atom. The summed E-state index contributed by atoms with van der Waals surface area (Å²) >= 11 is 1.16. The standard InChI is InChI=1S/C21H15F3N4O4S/c22-21(23,24)32-13-7-5-12(6-8-13)9-14-10-25-19(33-14)27-17(29)11-28-18(30)15-3-1-2-4-16(15)26-20(28)31/h1-8,10H,9,11H2,(H,26,31)(H,25,27,29). The second-order valence-electron chi connectivity index (χ2n) is 6.92. The van der Waals surface area contributed by atoms with Gasteiger partial charge in [-0.15, -0.1) is 24.5 Å². The van der Waals surface area contributed by atoms with Gasteiger partial charge in [0.1, 0.15) is 12.3 Å². The molecule has 12 heteroatoms. The third kappa shape index (κ3) is 5.47. The van der Waals surface area contributed by atoms with Crippen LogP contribution in [0.25, 0.3) is 10.9 Å². The van der Waals surface area contributed by atoms with E-state index in [4.69, 9.17) is 0 Å². The molecular weight excluding hydrogens is 461 g/mol. The van der Waals surface area contributed by atoms with E-state index in [0.29, 0.717) is 11.9 Å². The highest BCUT2D eigenvalue weighted by Crippen LogP contribution is 2.25. The number of benzene rings is 2. The Kier molecular flexibility index (Phi) is 6.01. The molecule has 2 aromatic heterocycles. The lowest BCUT2D eigenvalue weighted by Crippen LogP contribution is -2.38. The van der Waals surface area contributed by atoms with Crippen LogP contribution in [0.15, 0.2) is 64.3 Å². The largest absolute Gasteiger partial charge is 0.573 e. The molecule has 170 valence electrons. The molecule has 2 N–H and O–H groups in total. The summed E-state index contributed by atoms with van der Waals surface area (Å²) in [7, 11) is 0. The van der Waals surface area contributed by atoms with Crippen molar-refractivity contribution in [1.82, 2.24) is 14.5 Å². The minimum atomic E-state index is -4.75. The zero-order valence-corrected chi connectivity index (χ0v) is 17.5. The van der Waals surface area contributed by atoms with Crippen LogP contribution in [0.4, 0.5) is 18.3 Å². The van der Waals surface area contributed by atoms with Crippen LogP contribution in [0.2, 0.25) is 0 Å². The summed E-state index contributed by atoms with van der Waals surface area (Å²) in [6.45, 7) is -0.491. The molecule has 0 saturated heterocycles. The number of rotatable bonds is 6. The number of H-pyrrole nitrogens is 1. The lowest BCUT2D eigenvalue weighted by atomic mass is 10.1. The molecule has 0 radical (unpaired) electrons. The van der Waals surface area contributed by atoms with Crippen LogP contribution in [0, 0.1) is 0 Å².